The van der Waals surface area contributed by atoms with Crippen LogP contribution in [0.1, 0.15) is 0 Å². The Morgan fingerprint density at radius 3 is 2.76 bits per heavy atom. The number of pyridine rings is 1. The third-order valence-electron chi connectivity index (χ3n) is 2.57. The summed E-state index contributed by atoms with van der Waals surface area (Å²) in [6.07, 6.45) is 1.56. The third-order valence-corrected chi connectivity index (χ3v) is 2.81. The molecule has 17 heavy (non-hydrogen) atoms. The van der Waals surface area contributed by atoms with E-state index in [-0.39, 0.29) is 5.56 Å². The molecule has 0 aliphatic rings. The Balaban J connectivity index is 2.36. The van der Waals surface area contributed by atoms with Crippen LogP contribution < -0.4 is 5.56 Å². The zero-order valence-electron chi connectivity index (χ0n) is 8.79. The van der Waals surface area contributed by atoms with Gasteiger partial charge in [-0.05, 0) is 18.2 Å². The molecule has 0 saturated heterocycles. The maximum absolute atomic E-state index is 11.7. The maximum atomic E-state index is 11.7. The smallest absolute Gasteiger partial charge is 0.259 e. The first-order valence-electron chi connectivity index (χ1n) is 5.11. The van der Waals surface area contributed by atoms with Crippen LogP contribution in [0, 0.1) is 0 Å². The maximum Gasteiger partial charge on any atom is 0.259 e. The number of aromatic amines is 1. The predicted octanol–water partition coefficient (Wildman–Crippen LogP) is 2.00. The first-order chi connectivity index (χ1) is 8.25. The van der Waals surface area contributed by atoms with Gasteiger partial charge in [0.2, 0.25) is 0 Å². The molecule has 3 aromatic rings. The summed E-state index contributed by atoms with van der Waals surface area (Å²) in [4.78, 5) is 14.3. The summed E-state index contributed by atoms with van der Waals surface area (Å²) in [6.45, 7) is 0. The first-order valence-corrected chi connectivity index (χ1v) is 5.56. The van der Waals surface area contributed by atoms with Gasteiger partial charge in [0.25, 0.3) is 5.56 Å². The number of rotatable bonds is 1. The van der Waals surface area contributed by atoms with Crippen molar-refractivity contribution in [2.45, 2.75) is 5.03 Å². The van der Waals surface area contributed by atoms with Gasteiger partial charge < -0.3 is 4.98 Å². The highest BCUT2D eigenvalue weighted by Crippen LogP contribution is 2.16. The Bertz CT molecular complexity index is 730. The van der Waals surface area contributed by atoms with Gasteiger partial charge in [0.05, 0.1) is 27.8 Å². The Hall–Kier alpha value is -2.01. The molecule has 84 valence electrons. The summed E-state index contributed by atoms with van der Waals surface area (Å²) in [6, 6.07) is 11.5. The van der Waals surface area contributed by atoms with Crippen LogP contribution in [0.4, 0.5) is 0 Å². The van der Waals surface area contributed by atoms with Crippen molar-refractivity contribution in [3.05, 3.63) is 52.9 Å². The van der Waals surface area contributed by atoms with Crippen molar-refractivity contribution in [3.63, 3.8) is 0 Å². The van der Waals surface area contributed by atoms with Crippen LogP contribution in [0.15, 0.2) is 52.4 Å². The number of nitrogens with zero attached hydrogens (tertiary/aromatic N) is 2. The summed E-state index contributed by atoms with van der Waals surface area (Å²) in [5.41, 5.74) is 1.50. The second-order valence-electron chi connectivity index (χ2n) is 3.67. The van der Waals surface area contributed by atoms with Crippen molar-refractivity contribution in [2.75, 3.05) is 0 Å². The minimum absolute atomic E-state index is 0.172. The van der Waals surface area contributed by atoms with E-state index in [0.717, 1.165) is 11.2 Å². The number of aromatic nitrogens is 3. The normalized spacial score (nSPS) is 10.9. The second-order valence-corrected chi connectivity index (χ2v) is 4.16. The lowest BCUT2D eigenvalue weighted by Crippen LogP contribution is -2.06. The average molecular weight is 243 g/mol. The minimum Gasteiger partial charge on any atom is -0.317 e. The van der Waals surface area contributed by atoms with Crippen molar-refractivity contribution >= 4 is 23.5 Å². The molecule has 0 bridgehead atoms. The Kier molecular flexibility index (Phi) is 2.26. The number of H-pyrrole nitrogens is 1. The highest BCUT2D eigenvalue weighted by molar-refractivity contribution is 7.80. The number of para-hydroxylation sites is 1. The van der Waals surface area contributed by atoms with Crippen molar-refractivity contribution in [1.82, 2.24) is 14.8 Å². The largest absolute Gasteiger partial charge is 0.317 e. The van der Waals surface area contributed by atoms with Crippen molar-refractivity contribution < 1.29 is 0 Å². The molecule has 0 aliphatic heterocycles. The zero-order chi connectivity index (χ0) is 11.8. The number of fused-ring (bicyclic) bond motifs is 1. The molecule has 0 atom stereocenters. The van der Waals surface area contributed by atoms with E-state index >= 15 is 0 Å². The lowest BCUT2D eigenvalue weighted by atomic mass is 10.3. The molecule has 1 N–H and O–H groups in total. The van der Waals surface area contributed by atoms with E-state index in [1.165, 1.54) is 0 Å². The number of benzene rings is 1. The molecule has 4 nitrogen and oxygen atoms in total. The van der Waals surface area contributed by atoms with E-state index in [4.69, 9.17) is 0 Å². The number of nitrogens with one attached hydrogen (secondary N) is 1. The van der Waals surface area contributed by atoms with Gasteiger partial charge in [0, 0.05) is 0 Å². The van der Waals surface area contributed by atoms with E-state index in [2.05, 4.69) is 22.7 Å². The van der Waals surface area contributed by atoms with E-state index in [0.29, 0.717) is 10.4 Å². The average Bonchev–Trinajstić information content (AvgIpc) is 2.74. The summed E-state index contributed by atoms with van der Waals surface area (Å²) in [7, 11) is 0. The van der Waals surface area contributed by atoms with Gasteiger partial charge in [-0.3, -0.25) is 4.79 Å². The number of thiol groups is 1. The summed E-state index contributed by atoms with van der Waals surface area (Å²) in [5, 5.41) is 5.32. The number of hydrogen-bond acceptors (Lipinski definition) is 3. The number of hydrogen-bond donors (Lipinski definition) is 2. The SMILES string of the molecule is O=c1[nH]c(S)cc2c1cnn2-c1ccccc1. The van der Waals surface area contributed by atoms with E-state index in [1.54, 1.807) is 16.9 Å². The fourth-order valence-electron chi connectivity index (χ4n) is 1.80. The molecule has 0 radical (unpaired) electrons. The topological polar surface area (TPSA) is 50.7 Å². The lowest BCUT2D eigenvalue weighted by molar-refractivity contribution is 0.908. The molecule has 0 saturated carbocycles. The molecule has 2 heterocycles. The summed E-state index contributed by atoms with van der Waals surface area (Å²) >= 11 is 4.17. The summed E-state index contributed by atoms with van der Waals surface area (Å²) < 4.78 is 1.73. The first kappa shape index (κ1) is 10.2. The minimum atomic E-state index is -0.172. The van der Waals surface area contributed by atoms with Gasteiger partial charge in [-0.25, -0.2) is 4.68 Å². The summed E-state index contributed by atoms with van der Waals surface area (Å²) in [5.74, 6) is 0. The lowest BCUT2D eigenvalue weighted by Gasteiger charge is -2.02. The van der Waals surface area contributed by atoms with Gasteiger partial charge in [-0.1, -0.05) is 18.2 Å². The molecule has 0 aliphatic carbocycles. The van der Waals surface area contributed by atoms with Crippen LogP contribution in [0.3, 0.4) is 0 Å². The standard InChI is InChI=1S/C12H9N3OS/c16-12-9-7-13-15(8-4-2-1-3-5-8)10(9)6-11(17)14-12/h1-7H,(H2,14,16,17). The van der Waals surface area contributed by atoms with Crippen molar-refractivity contribution in [1.29, 1.82) is 0 Å². The van der Waals surface area contributed by atoms with E-state index in [9.17, 15) is 4.79 Å². The van der Waals surface area contributed by atoms with Gasteiger partial charge in [0.15, 0.2) is 0 Å². The van der Waals surface area contributed by atoms with Crippen LogP contribution in [-0.2, 0) is 0 Å². The van der Waals surface area contributed by atoms with Crippen molar-refractivity contribution in [2.24, 2.45) is 0 Å². The Morgan fingerprint density at radius 1 is 1.24 bits per heavy atom. The van der Waals surface area contributed by atoms with E-state index < -0.39 is 0 Å². The van der Waals surface area contributed by atoms with Gasteiger partial charge in [0.1, 0.15) is 0 Å². The molecule has 1 aromatic carbocycles. The molecule has 5 heteroatoms. The molecular weight excluding hydrogens is 234 g/mol. The molecule has 0 unspecified atom stereocenters. The third kappa shape index (κ3) is 1.64. The highest BCUT2D eigenvalue weighted by atomic mass is 32.1. The predicted molar refractivity (Wildman–Crippen MR) is 68.9 cm³/mol. The van der Waals surface area contributed by atoms with Crippen LogP contribution in [0.25, 0.3) is 16.6 Å². The van der Waals surface area contributed by atoms with Crippen LogP contribution in [0.2, 0.25) is 0 Å². The highest BCUT2D eigenvalue weighted by Gasteiger charge is 2.08. The monoisotopic (exact) mass is 243 g/mol. The van der Waals surface area contributed by atoms with Crippen LogP contribution in [-0.4, -0.2) is 14.8 Å². The Labute approximate surface area is 102 Å². The molecular formula is C12H9N3OS. The fourth-order valence-corrected chi connectivity index (χ4v) is 2.02. The molecule has 2 aromatic heterocycles. The van der Waals surface area contributed by atoms with Gasteiger partial charge in [-0.15, -0.1) is 12.6 Å². The van der Waals surface area contributed by atoms with Gasteiger partial charge >= 0.3 is 0 Å². The van der Waals surface area contributed by atoms with Gasteiger partial charge in [-0.2, -0.15) is 5.10 Å². The Morgan fingerprint density at radius 2 is 2.00 bits per heavy atom. The molecule has 3 rings (SSSR count). The molecule has 0 spiro atoms. The fraction of sp³-hybridized carbons (Fsp3) is 0. The zero-order valence-corrected chi connectivity index (χ0v) is 9.69. The second kappa shape index (κ2) is 3.78. The van der Waals surface area contributed by atoms with E-state index in [1.807, 2.05) is 30.3 Å². The molecule has 0 amide bonds. The van der Waals surface area contributed by atoms with Crippen molar-refractivity contribution in [3.8, 4) is 5.69 Å². The quantitative estimate of drug-likeness (QED) is 0.642. The van der Waals surface area contributed by atoms with Crippen LogP contribution in [0.5, 0.6) is 0 Å². The molecule has 0 fully saturated rings. The van der Waals surface area contributed by atoms with Crippen LogP contribution >= 0.6 is 12.6 Å².